The van der Waals surface area contributed by atoms with Crippen LogP contribution in [0.4, 0.5) is 4.79 Å². The number of ether oxygens (including phenoxy) is 1. The summed E-state index contributed by atoms with van der Waals surface area (Å²) in [5.41, 5.74) is 2.98. The van der Waals surface area contributed by atoms with Crippen LogP contribution in [0.5, 0.6) is 0 Å². The van der Waals surface area contributed by atoms with Crippen LogP contribution in [0.15, 0.2) is 71.9 Å². The van der Waals surface area contributed by atoms with Gasteiger partial charge in [-0.1, -0.05) is 60.7 Å². The lowest BCUT2D eigenvalue weighted by Gasteiger charge is -2.35. The van der Waals surface area contributed by atoms with E-state index in [9.17, 15) is 14.4 Å². The van der Waals surface area contributed by atoms with E-state index in [0.29, 0.717) is 24.2 Å². The highest BCUT2D eigenvalue weighted by Crippen LogP contribution is 2.28. The van der Waals surface area contributed by atoms with Crippen LogP contribution >= 0.6 is 0 Å². The SMILES string of the molecule is CCOC(=O)C1=C(CN2CCC(NC(=O)CCc3ccccc3)CC2)NC(=O)NC1c1ccccc1. The van der Waals surface area contributed by atoms with Gasteiger partial charge in [0.1, 0.15) is 0 Å². The second-order valence-electron chi connectivity index (χ2n) is 9.16. The summed E-state index contributed by atoms with van der Waals surface area (Å²) in [5, 5.41) is 8.87. The molecule has 1 unspecified atom stereocenters. The third-order valence-corrected chi connectivity index (χ3v) is 6.60. The van der Waals surface area contributed by atoms with Gasteiger partial charge in [-0.05, 0) is 37.3 Å². The van der Waals surface area contributed by atoms with Crippen LogP contribution in [-0.2, 0) is 20.7 Å². The van der Waals surface area contributed by atoms with Crippen molar-refractivity contribution in [1.82, 2.24) is 20.9 Å². The molecular formula is C28H34N4O4. The number of carbonyl (C=O) groups excluding carboxylic acids is 3. The lowest BCUT2D eigenvalue weighted by atomic mass is 9.94. The van der Waals surface area contributed by atoms with Gasteiger partial charge in [-0.2, -0.15) is 0 Å². The second kappa shape index (κ2) is 12.4. The summed E-state index contributed by atoms with van der Waals surface area (Å²) in [5.74, 6) is -0.365. The monoisotopic (exact) mass is 490 g/mol. The summed E-state index contributed by atoms with van der Waals surface area (Å²) in [6, 6.07) is 18.7. The second-order valence-corrected chi connectivity index (χ2v) is 9.16. The molecule has 0 aliphatic carbocycles. The lowest BCUT2D eigenvalue weighted by Crippen LogP contribution is -2.50. The van der Waals surface area contributed by atoms with Gasteiger partial charge in [-0.3, -0.25) is 9.69 Å². The van der Waals surface area contributed by atoms with E-state index in [0.717, 1.165) is 43.5 Å². The summed E-state index contributed by atoms with van der Waals surface area (Å²) in [7, 11) is 0. The Morgan fingerprint density at radius 1 is 1.03 bits per heavy atom. The number of carbonyl (C=O) groups is 3. The molecular weight excluding hydrogens is 456 g/mol. The van der Waals surface area contributed by atoms with E-state index in [1.807, 2.05) is 60.7 Å². The third-order valence-electron chi connectivity index (χ3n) is 6.60. The Labute approximate surface area is 212 Å². The molecule has 0 saturated carbocycles. The van der Waals surface area contributed by atoms with Gasteiger partial charge >= 0.3 is 12.0 Å². The molecule has 2 aliphatic heterocycles. The van der Waals surface area contributed by atoms with Crippen LogP contribution in [0.25, 0.3) is 0 Å². The fourth-order valence-corrected chi connectivity index (χ4v) is 4.75. The fraction of sp³-hybridized carbons (Fsp3) is 0.393. The van der Waals surface area contributed by atoms with Crippen molar-refractivity contribution in [2.45, 2.75) is 44.7 Å². The molecule has 2 aromatic rings. The number of amides is 3. The average Bonchev–Trinajstić information content (AvgIpc) is 2.89. The van der Waals surface area contributed by atoms with Gasteiger partial charge in [0.15, 0.2) is 0 Å². The third kappa shape index (κ3) is 6.73. The number of likely N-dealkylation sites (tertiary alicyclic amines) is 1. The van der Waals surface area contributed by atoms with E-state index in [-0.39, 0.29) is 24.6 Å². The topological polar surface area (TPSA) is 99.8 Å². The zero-order valence-electron chi connectivity index (χ0n) is 20.7. The van der Waals surface area contributed by atoms with Crippen LogP contribution in [0.3, 0.4) is 0 Å². The largest absolute Gasteiger partial charge is 0.463 e. The summed E-state index contributed by atoms with van der Waals surface area (Å²) >= 11 is 0. The van der Waals surface area contributed by atoms with Crippen molar-refractivity contribution in [1.29, 1.82) is 0 Å². The summed E-state index contributed by atoms with van der Waals surface area (Å²) in [6.07, 6.45) is 2.83. The Bertz CT molecular complexity index is 1080. The van der Waals surface area contributed by atoms with Crippen molar-refractivity contribution < 1.29 is 19.1 Å². The maximum Gasteiger partial charge on any atom is 0.338 e. The predicted octanol–water partition coefficient (Wildman–Crippen LogP) is 3.07. The molecule has 0 radical (unpaired) electrons. The molecule has 2 aliphatic rings. The highest BCUT2D eigenvalue weighted by atomic mass is 16.5. The molecule has 4 rings (SSSR count). The molecule has 36 heavy (non-hydrogen) atoms. The number of rotatable bonds is 9. The fourth-order valence-electron chi connectivity index (χ4n) is 4.75. The van der Waals surface area contributed by atoms with Gasteiger partial charge in [0.2, 0.25) is 5.91 Å². The number of hydrogen-bond donors (Lipinski definition) is 3. The van der Waals surface area contributed by atoms with Gasteiger partial charge in [0.25, 0.3) is 0 Å². The zero-order valence-corrected chi connectivity index (χ0v) is 20.7. The van der Waals surface area contributed by atoms with Crippen molar-refractivity contribution in [3.63, 3.8) is 0 Å². The highest BCUT2D eigenvalue weighted by molar-refractivity contribution is 5.95. The van der Waals surface area contributed by atoms with E-state index in [4.69, 9.17) is 4.74 Å². The first-order valence-corrected chi connectivity index (χ1v) is 12.6. The van der Waals surface area contributed by atoms with E-state index >= 15 is 0 Å². The van der Waals surface area contributed by atoms with Crippen LogP contribution < -0.4 is 16.0 Å². The Morgan fingerprint density at radius 3 is 2.36 bits per heavy atom. The Morgan fingerprint density at radius 2 is 1.69 bits per heavy atom. The number of hydrogen-bond acceptors (Lipinski definition) is 5. The van der Waals surface area contributed by atoms with Crippen LogP contribution in [0.2, 0.25) is 0 Å². The number of urea groups is 1. The van der Waals surface area contributed by atoms with Crippen LogP contribution in [0.1, 0.15) is 43.4 Å². The quantitative estimate of drug-likeness (QED) is 0.469. The van der Waals surface area contributed by atoms with Crippen LogP contribution in [-0.4, -0.2) is 55.1 Å². The van der Waals surface area contributed by atoms with E-state index in [1.54, 1.807) is 6.92 Å². The molecule has 8 nitrogen and oxygen atoms in total. The number of nitrogens with zero attached hydrogens (tertiary/aromatic N) is 1. The van der Waals surface area contributed by atoms with E-state index < -0.39 is 12.0 Å². The maximum absolute atomic E-state index is 12.9. The van der Waals surface area contributed by atoms with Crippen molar-refractivity contribution in [3.8, 4) is 0 Å². The molecule has 0 aromatic heterocycles. The van der Waals surface area contributed by atoms with Gasteiger partial charge in [0, 0.05) is 37.8 Å². The minimum atomic E-state index is -0.574. The smallest absolute Gasteiger partial charge is 0.338 e. The van der Waals surface area contributed by atoms with Crippen molar-refractivity contribution in [2.75, 3.05) is 26.2 Å². The molecule has 0 spiro atoms. The Hall–Kier alpha value is -3.65. The minimum Gasteiger partial charge on any atom is -0.463 e. The molecule has 0 bridgehead atoms. The number of esters is 1. The first kappa shape index (κ1) is 25.4. The zero-order chi connectivity index (χ0) is 25.3. The van der Waals surface area contributed by atoms with Crippen LogP contribution in [0, 0.1) is 0 Å². The minimum absolute atomic E-state index is 0.0703. The summed E-state index contributed by atoms with van der Waals surface area (Å²) < 4.78 is 5.35. The lowest BCUT2D eigenvalue weighted by molar-refractivity contribution is -0.139. The average molecular weight is 491 g/mol. The molecule has 190 valence electrons. The van der Waals surface area contributed by atoms with E-state index in [1.165, 1.54) is 0 Å². The molecule has 1 atom stereocenters. The Kier molecular flexibility index (Phi) is 8.73. The first-order chi connectivity index (χ1) is 17.5. The molecule has 2 heterocycles. The molecule has 8 heteroatoms. The standard InChI is InChI=1S/C28H34N4O4/c1-2-36-27(34)25-23(30-28(35)31-26(25)21-11-7-4-8-12-21)19-32-17-15-22(16-18-32)29-24(33)14-13-20-9-5-3-6-10-20/h3-12,22,26H,2,13-19H2,1H3,(H,29,33)(H2,30,31,35). The number of piperidine rings is 1. The van der Waals surface area contributed by atoms with E-state index in [2.05, 4.69) is 20.9 Å². The summed E-state index contributed by atoms with van der Waals surface area (Å²) in [6.45, 7) is 3.95. The molecule has 3 N–H and O–H groups in total. The Balaban J connectivity index is 1.37. The van der Waals surface area contributed by atoms with Gasteiger partial charge in [-0.15, -0.1) is 0 Å². The molecule has 3 amide bonds. The first-order valence-electron chi connectivity index (χ1n) is 12.6. The molecule has 2 aromatic carbocycles. The predicted molar refractivity (Wildman–Crippen MR) is 137 cm³/mol. The molecule has 1 fully saturated rings. The van der Waals surface area contributed by atoms with Gasteiger partial charge in [0.05, 0.1) is 18.2 Å². The number of benzene rings is 2. The van der Waals surface area contributed by atoms with Gasteiger partial charge < -0.3 is 20.7 Å². The van der Waals surface area contributed by atoms with Crippen molar-refractivity contribution in [3.05, 3.63) is 83.1 Å². The summed E-state index contributed by atoms with van der Waals surface area (Å²) in [4.78, 5) is 40.1. The van der Waals surface area contributed by atoms with Gasteiger partial charge in [-0.25, -0.2) is 9.59 Å². The van der Waals surface area contributed by atoms with Crippen molar-refractivity contribution >= 4 is 17.9 Å². The van der Waals surface area contributed by atoms with Crippen molar-refractivity contribution in [2.24, 2.45) is 0 Å². The number of nitrogens with one attached hydrogen (secondary N) is 3. The highest BCUT2D eigenvalue weighted by Gasteiger charge is 2.34. The normalized spacial score (nSPS) is 18.8. The number of aryl methyl sites for hydroxylation is 1. The molecule has 1 saturated heterocycles. The maximum atomic E-state index is 12.9.